The first kappa shape index (κ1) is 44.1. The first-order valence-corrected chi connectivity index (χ1v) is 20.6. The largest absolute Gasteiger partial charge is 0.458 e. The first-order valence-electron chi connectivity index (χ1n) is 20.6. The van der Waals surface area contributed by atoms with Gasteiger partial charge >= 0.3 is 5.97 Å². The molecule has 17 heteroatoms. The highest BCUT2D eigenvalue weighted by atomic mass is 19.1. The van der Waals surface area contributed by atoms with Crippen LogP contribution >= 0.6 is 0 Å². The number of piperazine rings is 1. The topological polar surface area (TPSA) is 198 Å². The van der Waals surface area contributed by atoms with Crippen LogP contribution in [-0.2, 0) is 51.1 Å². The summed E-state index contributed by atoms with van der Waals surface area (Å²) in [5.41, 5.74) is 2.35. The number of hydrogen-bond acceptors (Lipinski definition) is 10. The lowest BCUT2D eigenvalue weighted by Crippen LogP contribution is -2.65. The van der Waals surface area contributed by atoms with Crippen LogP contribution < -0.4 is 16.0 Å². The van der Waals surface area contributed by atoms with Crippen LogP contribution in [0.2, 0.25) is 0 Å². The van der Waals surface area contributed by atoms with Crippen LogP contribution in [0.3, 0.4) is 0 Å². The molecule has 324 valence electrons. The van der Waals surface area contributed by atoms with Gasteiger partial charge in [0.05, 0.1) is 12.5 Å². The predicted octanol–water partition coefficient (Wildman–Crippen LogP) is -0.0113. The molecule has 0 spiro atoms. The molecule has 0 aromatic heterocycles. The fourth-order valence-electron chi connectivity index (χ4n) is 8.66. The van der Waals surface area contributed by atoms with Gasteiger partial charge in [0.2, 0.25) is 35.4 Å². The maximum Gasteiger partial charge on any atom is 0.329 e. The van der Waals surface area contributed by atoms with Crippen molar-refractivity contribution in [1.29, 1.82) is 0 Å². The lowest BCUT2D eigenvalue weighted by Gasteiger charge is -2.42. The van der Waals surface area contributed by atoms with Crippen molar-refractivity contribution in [2.75, 3.05) is 39.8 Å². The summed E-state index contributed by atoms with van der Waals surface area (Å²) < 4.78 is 20.7. The smallest absolute Gasteiger partial charge is 0.329 e. The maximum atomic E-state index is 14.8. The number of cyclic esters (lactones) is 1. The molecular weight excluding hydrogens is 778 g/mol. The van der Waals surface area contributed by atoms with Crippen LogP contribution in [0.15, 0.2) is 42.5 Å². The summed E-state index contributed by atoms with van der Waals surface area (Å²) in [6.07, 6.45) is -2.85. The van der Waals surface area contributed by atoms with E-state index in [1.165, 1.54) is 35.8 Å². The van der Waals surface area contributed by atoms with Gasteiger partial charge < -0.3 is 45.4 Å². The summed E-state index contributed by atoms with van der Waals surface area (Å²) >= 11 is 0. The number of rotatable bonds is 7. The number of nitrogens with one attached hydrogen (secondary N) is 3. The van der Waals surface area contributed by atoms with E-state index < -0.39 is 95.7 Å². The fraction of sp³-hybridized carbons (Fsp3) is 0.558. The second-order valence-corrected chi connectivity index (χ2v) is 17.0. The number of aliphatic hydroxyl groups is 1. The number of carbonyl (C=O) groups is 7. The quantitative estimate of drug-likeness (QED) is 0.276. The Labute approximate surface area is 349 Å². The molecular formula is C43H56FN7O9. The van der Waals surface area contributed by atoms with Crippen molar-refractivity contribution in [3.05, 3.63) is 70.5 Å². The van der Waals surface area contributed by atoms with Gasteiger partial charge in [0.1, 0.15) is 48.2 Å². The number of esters is 1. The highest BCUT2D eigenvalue weighted by molar-refractivity contribution is 5.98. The summed E-state index contributed by atoms with van der Waals surface area (Å²) in [7, 11) is 1.80. The highest BCUT2D eigenvalue weighted by Gasteiger charge is 2.49. The van der Waals surface area contributed by atoms with Gasteiger partial charge in [0.15, 0.2) is 0 Å². The van der Waals surface area contributed by atoms with Crippen LogP contribution in [0, 0.1) is 25.6 Å². The van der Waals surface area contributed by atoms with Crippen LogP contribution in [0.1, 0.15) is 55.9 Å². The van der Waals surface area contributed by atoms with E-state index in [2.05, 4.69) is 16.0 Å². The molecule has 4 aliphatic heterocycles. The number of likely N-dealkylation sites (N-methyl/N-ethyl adjacent to an activating group) is 1. The number of carbonyl (C=O) groups excluding carboxylic acids is 7. The molecule has 60 heavy (non-hydrogen) atoms. The zero-order chi connectivity index (χ0) is 43.6. The predicted molar refractivity (Wildman–Crippen MR) is 215 cm³/mol. The molecule has 6 amide bonds. The molecule has 0 bridgehead atoms. The van der Waals surface area contributed by atoms with Gasteiger partial charge in [-0.15, -0.1) is 0 Å². The van der Waals surface area contributed by atoms with Gasteiger partial charge in [-0.2, -0.15) is 0 Å². The van der Waals surface area contributed by atoms with Crippen LogP contribution in [-0.4, -0.2) is 154 Å². The number of fused-ring (bicyclic) bond motifs is 3. The zero-order valence-corrected chi connectivity index (χ0v) is 35.0. The zero-order valence-electron chi connectivity index (χ0n) is 35.0. The number of nitrogens with zero attached hydrogens (tertiary/aromatic N) is 4. The van der Waals surface area contributed by atoms with Crippen LogP contribution in [0.4, 0.5) is 4.39 Å². The SMILES string of the molecule is Cc1cccc(C[C@H](NC(=O)Cc2ccc(C)cc2F)C(=O)N[C@@H]2C(=O)N3C[C@H](O)C[C@H]3C(=O)N3CCN(C)C[C@H]3C(=O)N[C@@H](C)C(=O)N3C[C@H](C)C[C@H]3C(=O)O[C@H]2C)c1. The number of amides is 6. The average Bonchev–Trinajstić information content (AvgIpc) is 3.78. The average molecular weight is 834 g/mol. The molecule has 4 fully saturated rings. The van der Waals surface area contributed by atoms with Crippen LogP contribution in [0.25, 0.3) is 0 Å². The Balaban J connectivity index is 1.36. The van der Waals surface area contributed by atoms with E-state index in [1.807, 2.05) is 30.9 Å². The molecule has 2 aromatic carbocycles. The van der Waals surface area contributed by atoms with E-state index in [1.54, 1.807) is 32.2 Å². The summed E-state index contributed by atoms with van der Waals surface area (Å²) in [5, 5.41) is 19.1. The molecule has 4 N–H and O–H groups in total. The minimum atomic E-state index is -1.64. The Morgan fingerprint density at radius 3 is 2.30 bits per heavy atom. The van der Waals surface area contributed by atoms with E-state index in [0.29, 0.717) is 17.7 Å². The van der Waals surface area contributed by atoms with E-state index in [-0.39, 0.29) is 63.3 Å². The van der Waals surface area contributed by atoms with Gasteiger partial charge in [-0.25, -0.2) is 9.18 Å². The van der Waals surface area contributed by atoms with E-state index in [9.17, 15) is 43.1 Å². The molecule has 0 unspecified atom stereocenters. The van der Waals surface area contributed by atoms with E-state index >= 15 is 0 Å². The number of hydrogen-bond donors (Lipinski definition) is 4. The van der Waals surface area contributed by atoms with Crippen molar-refractivity contribution >= 4 is 41.4 Å². The minimum Gasteiger partial charge on any atom is -0.458 e. The molecule has 0 aliphatic carbocycles. The highest BCUT2D eigenvalue weighted by Crippen LogP contribution is 2.28. The Bertz CT molecular complexity index is 2020. The summed E-state index contributed by atoms with van der Waals surface area (Å²) in [6.45, 7) is 8.95. The standard InChI is InChI=1S/C43H56FN7O9/c1-23-8-7-9-28(14-23)17-32(46-36(53)18-29-11-10-24(2)15-31(29)44)38(54)47-37-27(5)60-43(59)34-16-25(3)20-50(34)40(56)26(4)45-39(55)35-22-48(6)12-13-49(35)41(57)33-19-30(52)21-51(33)42(37)58/h7-11,14-15,25-27,30,32-35,37,52H,12-13,16-22H2,1-6H3,(H,45,55)(H,46,53)(H,47,54)/t25-,26+,27+,30-,32+,33+,34+,35+,37+/m1/s1. The number of aryl methyl sites for hydroxylation is 2. The number of benzene rings is 2. The maximum absolute atomic E-state index is 14.8. The third-order valence-electron chi connectivity index (χ3n) is 11.9. The third kappa shape index (κ3) is 9.95. The van der Waals surface area contributed by atoms with Gasteiger partial charge in [-0.05, 0) is 69.8 Å². The van der Waals surface area contributed by atoms with Gasteiger partial charge in [0.25, 0.3) is 0 Å². The van der Waals surface area contributed by atoms with Crippen molar-refractivity contribution in [3.8, 4) is 0 Å². The third-order valence-corrected chi connectivity index (χ3v) is 11.9. The molecule has 4 heterocycles. The molecule has 2 aromatic rings. The second kappa shape index (κ2) is 18.5. The summed E-state index contributed by atoms with van der Waals surface area (Å²) in [4.78, 5) is 105. The van der Waals surface area contributed by atoms with E-state index in [0.717, 1.165) is 10.5 Å². The molecule has 16 nitrogen and oxygen atoms in total. The first-order chi connectivity index (χ1) is 28.4. The Morgan fingerprint density at radius 2 is 1.58 bits per heavy atom. The Morgan fingerprint density at radius 1 is 0.867 bits per heavy atom. The van der Waals surface area contributed by atoms with Crippen molar-refractivity contribution in [1.82, 2.24) is 35.6 Å². The molecule has 0 radical (unpaired) electrons. The molecule has 0 saturated carbocycles. The van der Waals surface area contributed by atoms with E-state index in [4.69, 9.17) is 4.74 Å². The summed E-state index contributed by atoms with van der Waals surface area (Å²) in [5.74, 6) is -5.58. The van der Waals surface area contributed by atoms with Gasteiger partial charge in [-0.3, -0.25) is 28.8 Å². The van der Waals surface area contributed by atoms with Crippen molar-refractivity contribution in [2.45, 2.75) is 109 Å². The minimum absolute atomic E-state index is 0.0314. The lowest BCUT2D eigenvalue weighted by atomic mass is 10.0. The van der Waals surface area contributed by atoms with Crippen molar-refractivity contribution in [2.24, 2.45) is 5.92 Å². The summed E-state index contributed by atoms with van der Waals surface area (Å²) in [6, 6.07) is 4.35. The van der Waals surface area contributed by atoms with Gasteiger partial charge in [-0.1, -0.05) is 48.9 Å². The van der Waals surface area contributed by atoms with Crippen molar-refractivity contribution < 1.29 is 47.8 Å². The number of halogens is 1. The molecule has 4 saturated heterocycles. The normalized spacial score (nSPS) is 28.7. The molecule has 4 aliphatic rings. The Kier molecular flexibility index (Phi) is 13.6. The van der Waals surface area contributed by atoms with Crippen molar-refractivity contribution in [3.63, 3.8) is 0 Å². The monoisotopic (exact) mass is 833 g/mol. The molecule has 9 atom stereocenters. The number of ether oxygens (including phenoxy) is 1. The van der Waals surface area contributed by atoms with Gasteiger partial charge in [0, 0.05) is 45.6 Å². The fourth-order valence-corrected chi connectivity index (χ4v) is 8.66. The number of aliphatic hydroxyl groups excluding tert-OH is 1. The second-order valence-electron chi connectivity index (χ2n) is 17.0. The Hall–Kier alpha value is -5.42. The molecule has 6 rings (SSSR count). The van der Waals surface area contributed by atoms with Crippen LogP contribution in [0.5, 0.6) is 0 Å². The lowest BCUT2D eigenvalue weighted by molar-refractivity contribution is -0.163.